The molecule has 4 nitrogen and oxygen atoms in total. The fourth-order valence-electron chi connectivity index (χ4n) is 2.89. The van der Waals surface area contributed by atoms with Gasteiger partial charge in [-0.25, -0.2) is 0 Å². The van der Waals surface area contributed by atoms with Gasteiger partial charge in [-0.15, -0.1) is 0 Å². The molecular weight excluding hydrogens is 323 g/mol. The number of rotatable bonds is 6. The molecule has 1 heterocycles. The quantitative estimate of drug-likeness (QED) is 0.858. The van der Waals surface area contributed by atoms with Gasteiger partial charge in [-0.1, -0.05) is 23.2 Å². The van der Waals surface area contributed by atoms with Gasteiger partial charge in [-0.05, 0) is 25.1 Å². The number of hydrogen-bond acceptors (Lipinski definition) is 4. The molecule has 0 bridgehead atoms. The Hall–Kier alpha value is -0.360. The van der Waals surface area contributed by atoms with Crippen LogP contribution in [0.2, 0.25) is 10.0 Å². The number of benzene rings is 1. The number of aliphatic hydroxyl groups is 1. The third-order valence-electron chi connectivity index (χ3n) is 4.18. The van der Waals surface area contributed by atoms with Gasteiger partial charge in [0.05, 0.1) is 12.7 Å². The van der Waals surface area contributed by atoms with Crippen LogP contribution >= 0.6 is 23.2 Å². The summed E-state index contributed by atoms with van der Waals surface area (Å²) in [5.41, 5.74) is 0.698. The highest BCUT2D eigenvalue weighted by atomic mass is 35.5. The summed E-state index contributed by atoms with van der Waals surface area (Å²) in [7, 11) is 1.73. The minimum absolute atomic E-state index is 0.450. The Morgan fingerprint density at radius 3 is 2.82 bits per heavy atom. The second-order valence-electron chi connectivity index (χ2n) is 5.82. The van der Waals surface area contributed by atoms with E-state index >= 15 is 0 Å². The van der Waals surface area contributed by atoms with Crippen molar-refractivity contribution in [2.45, 2.75) is 19.1 Å². The average Bonchev–Trinajstić information content (AvgIpc) is 2.49. The molecule has 1 fully saturated rings. The lowest BCUT2D eigenvalue weighted by atomic mass is 10.1. The molecular formula is C16H24Cl2N2O2. The van der Waals surface area contributed by atoms with E-state index in [1.807, 2.05) is 0 Å². The maximum Gasteiger partial charge on any atom is 0.0931 e. The highest BCUT2D eigenvalue weighted by Gasteiger charge is 2.25. The minimum Gasteiger partial charge on any atom is -0.387 e. The van der Waals surface area contributed by atoms with Crippen LogP contribution in [0.4, 0.5) is 0 Å². The zero-order valence-corrected chi connectivity index (χ0v) is 14.6. The molecule has 0 aliphatic carbocycles. The van der Waals surface area contributed by atoms with Gasteiger partial charge in [0.2, 0.25) is 0 Å². The fourth-order valence-corrected chi connectivity index (χ4v) is 3.31. The molecule has 0 aromatic heterocycles. The van der Waals surface area contributed by atoms with Gasteiger partial charge >= 0.3 is 0 Å². The summed E-state index contributed by atoms with van der Waals surface area (Å²) < 4.78 is 5.14. The van der Waals surface area contributed by atoms with Crippen LogP contribution in [-0.4, -0.2) is 67.4 Å². The summed E-state index contributed by atoms with van der Waals surface area (Å²) in [5.74, 6) is 0. The lowest BCUT2D eigenvalue weighted by Crippen LogP contribution is -2.53. The molecule has 0 unspecified atom stereocenters. The molecule has 0 spiro atoms. The largest absolute Gasteiger partial charge is 0.387 e. The van der Waals surface area contributed by atoms with Crippen molar-refractivity contribution in [3.05, 3.63) is 33.8 Å². The van der Waals surface area contributed by atoms with E-state index in [0.717, 1.165) is 32.8 Å². The van der Waals surface area contributed by atoms with E-state index in [1.165, 1.54) is 0 Å². The van der Waals surface area contributed by atoms with E-state index < -0.39 is 6.10 Å². The maximum atomic E-state index is 10.5. The van der Waals surface area contributed by atoms with Gasteiger partial charge in [-0.2, -0.15) is 0 Å². The number of piperazine rings is 1. The number of aliphatic hydroxyl groups excluding tert-OH is 1. The molecule has 0 saturated carbocycles. The van der Waals surface area contributed by atoms with Crippen LogP contribution in [0, 0.1) is 0 Å². The first-order valence-corrected chi connectivity index (χ1v) is 8.35. The van der Waals surface area contributed by atoms with Crippen molar-refractivity contribution in [2.24, 2.45) is 0 Å². The molecule has 0 radical (unpaired) electrons. The number of methoxy groups -OCH3 is 1. The molecule has 1 aliphatic heterocycles. The van der Waals surface area contributed by atoms with Crippen LogP contribution in [0.25, 0.3) is 0 Å². The Morgan fingerprint density at radius 1 is 1.36 bits per heavy atom. The average molecular weight is 347 g/mol. The second-order valence-corrected chi connectivity index (χ2v) is 6.66. The predicted octanol–water partition coefficient (Wildman–Crippen LogP) is 2.68. The molecule has 1 saturated heterocycles. The summed E-state index contributed by atoms with van der Waals surface area (Å²) >= 11 is 12.2. The molecule has 2 atom stereocenters. The monoisotopic (exact) mass is 346 g/mol. The molecule has 22 heavy (non-hydrogen) atoms. The van der Waals surface area contributed by atoms with Gasteiger partial charge in [0.25, 0.3) is 0 Å². The first kappa shape index (κ1) is 18.0. The summed E-state index contributed by atoms with van der Waals surface area (Å²) in [6.45, 7) is 7.34. The standard InChI is InChI=1S/C16H24Cl2N2O2/c1-12-10-19(5-6-20(12)7-8-22-2)11-16(21)14-9-13(17)3-4-15(14)18/h3-4,9,12,16,21H,5-8,10-11H2,1-2H3/t12-,16+/m0/s1. The molecule has 1 aromatic rings. The Labute approximate surface area is 142 Å². The lowest BCUT2D eigenvalue weighted by Gasteiger charge is -2.40. The number of nitrogens with zero attached hydrogens (tertiary/aromatic N) is 2. The first-order chi connectivity index (χ1) is 10.5. The van der Waals surface area contributed by atoms with E-state index in [0.29, 0.717) is 28.2 Å². The Bertz CT molecular complexity index is 487. The van der Waals surface area contributed by atoms with Gasteiger partial charge in [-0.3, -0.25) is 9.80 Å². The normalized spacial score (nSPS) is 22.0. The topological polar surface area (TPSA) is 35.9 Å². The van der Waals surface area contributed by atoms with Crippen LogP contribution in [0.15, 0.2) is 18.2 Å². The third-order valence-corrected chi connectivity index (χ3v) is 4.76. The summed E-state index contributed by atoms with van der Waals surface area (Å²) in [4.78, 5) is 4.69. The van der Waals surface area contributed by atoms with E-state index in [4.69, 9.17) is 27.9 Å². The number of halogens is 2. The van der Waals surface area contributed by atoms with Crippen LogP contribution < -0.4 is 0 Å². The number of ether oxygens (including phenoxy) is 1. The Morgan fingerprint density at radius 2 is 2.14 bits per heavy atom. The van der Waals surface area contributed by atoms with Crippen molar-refractivity contribution in [2.75, 3.05) is 46.4 Å². The van der Waals surface area contributed by atoms with Crippen LogP contribution in [0.1, 0.15) is 18.6 Å². The Kier molecular flexibility index (Phi) is 6.93. The fraction of sp³-hybridized carbons (Fsp3) is 0.625. The van der Waals surface area contributed by atoms with Gasteiger partial charge in [0, 0.05) is 61.5 Å². The van der Waals surface area contributed by atoms with Crippen molar-refractivity contribution in [3.63, 3.8) is 0 Å². The molecule has 1 N–H and O–H groups in total. The van der Waals surface area contributed by atoms with E-state index in [1.54, 1.807) is 25.3 Å². The van der Waals surface area contributed by atoms with Crippen molar-refractivity contribution < 1.29 is 9.84 Å². The van der Waals surface area contributed by atoms with Gasteiger partial charge in [0.1, 0.15) is 0 Å². The SMILES string of the molecule is COCCN1CCN(C[C@@H](O)c2cc(Cl)ccc2Cl)C[C@@H]1C. The summed E-state index contributed by atoms with van der Waals surface area (Å²) in [6, 6.07) is 5.66. The van der Waals surface area contributed by atoms with E-state index in [2.05, 4.69) is 16.7 Å². The van der Waals surface area contributed by atoms with Crippen molar-refractivity contribution in [1.29, 1.82) is 0 Å². The van der Waals surface area contributed by atoms with Gasteiger partial charge in [0.15, 0.2) is 0 Å². The predicted molar refractivity (Wildman–Crippen MR) is 90.8 cm³/mol. The van der Waals surface area contributed by atoms with Crippen molar-refractivity contribution in [1.82, 2.24) is 9.80 Å². The summed E-state index contributed by atoms with van der Waals surface area (Å²) in [6.07, 6.45) is -0.621. The minimum atomic E-state index is -0.621. The first-order valence-electron chi connectivity index (χ1n) is 7.59. The Balaban J connectivity index is 1.90. The van der Waals surface area contributed by atoms with E-state index in [9.17, 15) is 5.11 Å². The second kappa shape index (κ2) is 8.48. The molecule has 1 aliphatic rings. The van der Waals surface area contributed by atoms with Crippen molar-refractivity contribution >= 4 is 23.2 Å². The van der Waals surface area contributed by atoms with Crippen LogP contribution in [0.3, 0.4) is 0 Å². The lowest BCUT2D eigenvalue weighted by molar-refractivity contribution is 0.0331. The maximum absolute atomic E-state index is 10.5. The highest BCUT2D eigenvalue weighted by molar-refractivity contribution is 6.33. The summed E-state index contributed by atoms with van der Waals surface area (Å²) in [5, 5.41) is 11.6. The van der Waals surface area contributed by atoms with E-state index in [-0.39, 0.29) is 0 Å². The molecule has 6 heteroatoms. The molecule has 2 rings (SSSR count). The van der Waals surface area contributed by atoms with Gasteiger partial charge < -0.3 is 9.84 Å². The third kappa shape index (κ3) is 4.82. The van der Waals surface area contributed by atoms with Crippen LogP contribution in [0.5, 0.6) is 0 Å². The van der Waals surface area contributed by atoms with Crippen LogP contribution in [-0.2, 0) is 4.74 Å². The molecule has 1 aromatic carbocycles. The van der Waals surface area contributed by atoms with Crippen molar-refractivity contribution in [3.8, 4) is 0 Å². The smallest absolute Gasteiger partial charge is 0.0931 e. The number of β-amino-alcohol motifs (C(OH)–C–C–N with tert-alkyl or cyclic N) is 1. The highest BCUT2D eigenvalue weighted by Crippen LogP contribution is 2.27. The zero-order chi connectivity index (χ0) is 16.1. The molecule has 0 amide bonds. The zero-order valence-electron chi connectivity index (χ0n) is 13.1. The molecule has 124 valence electrons. The number of hydrogen-bond donors (Lipinski definition) is 1.